The van der Waals surface area contributed by atoms with Crippen LogP contribution >= 0.6 is 0 Å². The highest BCUT2D eigenvalue weighted by molar-refractivity contribution is 5.88. The van der Waals surface area contributed by atoms with E-state index in [0.29, 0.717) is 25.1 Å². The molecule has 0 bridgehead atoms. The van der Waals surface area contributed by atoms with Gasteiger partial charge in [-0.15, -0.1) is 0 Å². The number of amides is 1. The number of imidazole rings is 1. The lowest BCUT2D eigenvalue weighted by Crippen LogP contribution is -2.49. The van der Waals surface area contributed by atoms with Crippen LogP contribution in [-0.4, -0.2) is 59.6 Å². The Balaban J connectivity index is 1.49. The molecule has 156 valence electrons. The van der Waals surface area contributed by atoms with Crippen molar-refractivity contribution >= 4 is 17.6 Å². The highest BCUT2D eigenvalue weighted by atomic mass is 16.5. The Morgan fingerprint density at radius 3 is 3.00 bits per heavy atom. The Morgan fingerprint density at radius 1 is 1.41 bits per heavy atom. The molecule has 1 amide bonds. The Kier molecular flexibility index (Phi) is 7.10. The van der Waals surface area contributed by atoms with Crippen LogP contribution in [-0.2, 0) is 4.79 Å². The van der Waals surface area contributed by atoms with Crippen LogP contribution < -0.4 is 15.4 Å². The molecular formula is C21H30N6O2. The van der Waals surface area contributed by atoms with Gasteiger partial charge in [0.25, 0.3) is 0 Å². The molecule has 2 atom stereocenters. The predicted octanol–water partition coefficient (Wildman–Crippen LogP) is 2.38. The van der Waals surface area contributed by atoms with Crippen molar-refractivity contribution in [1.29, 1.82) is 0 Å². The molecule has 2 unspecified atom stereocenters. The highest BCUT2D eigenvalue weighted by Gasteiger charge is 2.28. The number of nitrogens with one attached hydrogen (secondary N) is 2. The van der Waals surface area contributed by atoms with E-state index in [4.69, 9.17) is 4.74 Å². The third kappa shape index (κ3) is 5.73. The second-order valence-electron chi connectivity index (χ2n) is 7.32. The summed E-state index contributed by atoms with van der Waals surface area (Å²) in [6, 6.07) is 7.78. The molecule has 0 saturated carbocycles. The number of carbonyl (C=O) groups is 1. The van der Waals surface area contributed by atoms with E-state index in [1.54, 1.807) is 0 Å². The minimum atomic E-state index is -0.0996. The van der Waals surface area contributed by atoms with Crippen LogP contribution in [0.3, 0.4) is 0 Å². The van der Waals surface area contributed by atoms with Crippen molar-refractivity contribution < 1.29 is 9.53 Å². The minimum absolute atomic E-state index is 0.0996. The summed E-state index contributed by atoms with van der Waals surface area (Å²) in [7, 11) is 1.81. The second kappa shape index (κ2) is 9.95. The van der Waals surface area contributed by atoms with Gasteiger partial charge in [0.15, 0.2) is 5.96 Å². The zero-order chi connectivity index (χ0) is 20.6. The van der Waals surface area contributed by atoms with Crippen molar-refractivity contribution in [3.63, 3.8) is 0 Å². The van der Waals surface area contributed by atoms with Crippen molar-refractivity contribution in [2.45, 2.75) is 26.3 Å². The molecule has 1 aromatic heterocycles. The minimum Gasteiger partial charge on any atom is -0.492 e. The molecule has 2 aromatic rings. The number of aromatic nitrogens is 2. The molecule has 8 nitrogen and oxygen atoms in total. The van der Waals surface area contributed by atoms with Crippen LogP contribution in [0.15, 0.2) is 48.0 Å². The molecule has 0 spiro atoms. The molecular weight excluding hydrogens is 368 g/mol. The molecule has 2 N–H and O–H groups in total. The van der Waals surface area contributed by atoms with E-state index in [1.807, 2.05) is 50.0 Å². The number of hydrogen-bond acceptors (Lipinski definition) is 4. The van der Waals surface area contributed by atoms with E-state index < -0.39 is 0 Å². The first-order chi connectivity index (χ1) is 14.1. The second-order valence-corrected chi connectivity index (χ2v) is 7.32. The summed E-state index contributed by atoms with van der Waals surface area (Å²) in [5, 5.41) is 6.15. The first-order valence-electron chi connectivity index (χ1n) is 10.0. The van der Waals surface area contributed by atoms with Gasteiger partial charge in [0, 0.05) is 51.2 Å². The fourth-order valence-electron chi connectivity index (χ4n) is 3.63. The van der Waals surface area contributed by atoms with Crippen LogP contribution in [0.2, 0.25) is 0 Å². The van der Waals surface area contributed by atoms with Gasteiger partial charge < -0.3 is 24.8 Å². The third-order valence-corrected chi connectivity index (χ3v) is 5.15. The maximum atomic E-state index is 11.2. The molecule has 1 fully saturated rings. The smallest absolute Gasteiger partial charge is 0.221 e. The van der Waals surface area contributed by atoms with Crippen LogP contribution in [0, 0.1) is 5.92 Å². The third-order valence-electron chi connectivity index (χ3n) is 5.15. The van der Waals surface area contributed by atoms with E-state index in [9.17, 15) is 4.79 Å². The maximum absolute atomic E-state index is 11.2. The van der Waals surface area contributed by atoms with Crippen molar-refractivity contribution in [3.8, 4) is 5.75 Å². The monoisotopic (exact) mass is 398 g/mol. The number of ether oxygens (including phenoxy) is 1. The van der Waals surface area contributed by atoms with Gasteiger partial charge in [0.1, 0.15) is 12.4 Å². The number of anilines is 1. The number of piperidine rings is 1. The average Bonchev–Trinajstić information content (AvgIpc) is 3.23. The molecule has 29 heavy (non-hydrogen) atoms. The lowest BCUT2D eigenvalue weighted by Gasteiger charge is -2.39. The molecule has 1 aliphatic rings. The number of benzene rings is 1. The maximum Gasteiger partial charge on any atom is 0.221 e. The van der Waals surface area contributed by atoms with E-state index >= 15 is 0 Å². The fourth-order valence-corrected chi connectivity index (χ4v) is 3.63. The lowest BCUT2D eigenvalue weighted by atomic mass is 9.93. The van der Waals surface area contributed by atoms with Gasteiger partial charge in [-0.3, -0.25) is 9.79 Å². The normalized spacial score (nSPS) is 19.7. The summed E-state index contributed by atoms with van der Waals surface area (Å²) in [5.74, 6) is 2.10. The topological polar surface area (TPSA) is 83.8 Å². The number of guanidine groups is 1. The SMILES string of the molecule is CN=C(NCCOc1cccc(NC(C)=O)c1)N1CCC(C)C(n2ccnc2)C1. The molecule has 3 rings (SSSR count). The largest absolute Gasteiger partial charge is 0.492 e. The number of rotatable bonds is 6. The van der Waals surface area contributed by atoms with Crippen molar-refractivity contribution in [3.05, 3.63) is 43.0 Å². The lowest BCUT2D eigenvalue weighted by molar-refractivity contribution is -0.114. The predicted molar refractivity (Wildman–Crippen MR) is 114 cm³/mol. The highest BCUT2D eigenvalue weighted by Crippen LogP contribution is 2.27. The van der Waals surface area contributed by atoms with E-state index in [2.05, 4.69) is 37.0 Å². The molecule has 8 heteroatoms. The van der Waals surface area contributed by atoms with Crippen molar-refractivity contribution in [1.82, 2.24) is 19.8 Å². The summed E-state index contributed by atoms with van der Waals surface area (Å²) in [4.78, 5) is 22.1. The molecule has 2 heterocycles. The Labute approximate surface area is 172 Å². The van der Waals surface area contributed by atoms with E-state index in [-0.39, 0.29) is 5.91 Å². The average molecular weight is 399 g/mol. The summed E-state index contributed by atoms with van der Waals surface area (Å²) in [5.41, 5.74) is 0.728. The van der Waals surface area contributed by atoms with Crippen LogP contribution in [0.5, 0.6) is 5.75 Å². The summed E-state index contributed by atoms with van der Waals surface area (Å²) < 4.78 is 8.00. The van der Waals surface area contributed by atoms with Gasteiger partial charge in [0.2, 0.25) is 5.91 Å². The molecule has 1 aromatic carbocycles. The number of nitrogens with zero attached hydrogens (tertiary/aromatic N) is 4. The van der Waals surface area contributed by atoms with Gasteiger partial charge in [-0.1, -0.05) is 13.0 Å². The molecule has 0 aliphatic carbocycles. The van der Waals surface area contributed by atoms with Crippen LogP contribution in [0.4, 0.5) is 5.69 Å². The fraction of sp³-hybridized carbons (Fsp3) is 0.476. The first-order valence-corrected chi connectivity index (χ1v) is 10.0. The van der Waals surface area contributed by atoms with Gasteiger partial charge in [-0.05, 0) is 24.5 Å². The number of likely N-dealkylation sites (tertiary alicyclic amines) is 1. The molecule has 1 aliphatic heterocycles. The molecule has 1 saturated heterocycles. The summed E-state index contributed by atoms with van der Waals surface area (Å²) in [6.07, 6.45) is 6.86. The van der Waals surface area contributed by atoms with Gasteiger partial charge >= 0.3 is 0 Å². The van der Waals surface area contributed by atoms with E-state index in [1.165, 1.54) is 6.92 Å². The van der Waals surface area contributed by atoms with Gasteiger partial charge in [-0.25, -0.2) is 4.98 Å². The van der Waals surface area contributed by atoms with E-state index in [0.717, 1.165) is 36.9 Å². The number of aliphatic imine (C=N–C) groups is 1. The van der Waals surface area contributed by atoms with Gasteiger partial charge in [0.05, 0.1) is 18.9 Å². The Bertz CT molecular complexity index is 820. The van der Waals surface area contributed by atoms with Crippen molar-refractivity contribution in [2.24, 2.45) is 10.9 Å². The Hall–Kier alpha value is -3.03. The van der Waals surface area contributed by atoms with Gasteiger partial charge in [-0.2, -0.15) is 0 Å². The van der Waals surface area contributed by atoms with Crippen molar-refractivity contribution in [2.75, 3.05) is 38.6 Å². The summed E-state index contributed by atoms with van der Waals surface area (Å²) in [6.45, 7) is 6.79. The zero-order valence-electron chi connectivity index (χ0n) is 17.3. The number of carbonyl (C=O) groups excluding carboxylic acids is 1. The first kappa shape index (κ1) is 20.7. The molecule has 0 radical (unpaired) electrons. The zero-order valence-corrected chi connectivity index (χ0v) is 17.3. The van der Waals surface area contributed by atoms with Crippen LogP contribution in [0.1, 0.15) is 26.3 Å². The summed E-state index contributed by atoms with van der Waals surface area (Å²) >= 11 is 0. The number of hydrogen-bond donors (Lipinski definition) is 2. The standard InChI is InChI=1S/C21H30N6O2/c1-16-7-10-26(14-20(16)27-11-8-23-15-27)21(22-3)24-9-12-29-19-6-4-5-18(13-19)25-17(2)28/h4-6,8,11,13,15-16,20H,7,9-10,12,14H2,1-3H3,(H,22,24)(H,25,28). The quantitative estimate of drug-likeness (QED) is 0.443. The Morgan fingerprint density at radius 2 is 2.28 bits per heavy atom. The van der Waals surface area contributed by atoms with Crippen LogP contribution in [0.25, 0.3) is 0 Å².